The highest BCUT2D eigenvalue weighted by Crippen LogP contribution is 2.36. The molecule has 1 aliphatic rings. The van der Waals surface area contributed by atoms with Crippen LogP contribution in [-0.4, -0.2) is 39.1 Å². The first-order chi connectivity index (χ1) is 9.69. The molecular weight excluding hydrogens is 272 g/mol. The Morgan fingerprint density at radius 3 is 2.75 bits per heavy atom. The third-order valence-electron chi connectivity index (χ3n) is 3.89. The van der Waals surface area contributed by atoms with E-state index < -0.39 is 0 Å². The van der Waals surface area contributed by atoms with E-state index in [1.807, 2.05) is 16.5 Å². The number of thiazole rings is 1. The fraction of sp³-hybridized carbons (Fsp3) is 0.429. The predicted octanol–water partition coefficient (Wildman–Crippen LogP) is 2.13. The zero-order chi connectivity index (χ0) is 14.0. The highest BCUT2D eigenvalue weighted by molar-refractivity contribution is 7.09. The Kier molecular flexibility index (Phi) is 3.48. The highest BCUT2D eigenvalue weighted by atomic mass is 32.1. The van der Waals surface area contributed by atoms with Crippen molar-refractivity contribution in [3.8, 4) is 0 Å². The van der Waals surface area contributed by atoms with E-state index in [1.165, 1.54) is 5.01 Å². The van der Waals surface area contributed by atoms with E-state index in [9.17, 15) is 4.79 Å². The van der Waals surface area contributed by atoms with Crippen molar-refractivity contribution >= 4 is 17.2 Å². The molecule has 0 saturated carbocycles. The van der Waals surface area contributed by atoms with Crippen LogP contribution in [0.5, 0.6) is 0 Å². The van der Waals surface area contributed by atoms with Crippen molar-refractivity contribution < 1.29 is 4.79 Å². The van der Waals surface area contributed by atoms with Gasteiger partial charge in [0.1, 0.15) is 0 Å². The Labute approximate surface area is 121 Å². The summed E-state index contributed by atoms with van der Waals surface area (Å²) in [5, 5.41) is 10.8. The van der Waals surface area contributed by atoms with Crippen molar-refractivity contribution in [3.63, 3.8) is 0 Å². The lowest BCUT2D eigenvalue weighted by Crippen LogP contribution is -2.44. The number of piperidine rings is 1. The van der Waals surface area contributed by atoms with Crippen molar-refractivity contribution in [2.75, 3.05) is 13.1 Å². The van der Waals surface area contributed by atoms with Crippen LogP contribution in [0.4, 0.5) is 0 Å². The summed E-state index contributed by atoms with van der Waals surface area (Å²) in [5.41, 5.74) is 0.512. The number of rotatable bonds is 2. The van der Waals surface area contributed by atoms with Crippen LogP contribution in [0.2, 0.25) is 0 Å². The van der Waals surface area contributed by atoms with Gasteiger partial charge in [-0.1, -0.05) is 6.92 Å². The molecule has 0 spiro atoms. The van der Waals surface area contributed by atoms with Gasteiger partial charge in [0.25, 0.3) is 5.91 Å². The van der Waals surface area contributed by atoms with Gasteiger partial charge < -0.3 is 4.90 Å². The maximum Gasteiger partial charge on any atom is 0.274 e. The van der Waals surface area contributed by atoms with E-state index in [0.717, 1.165) is 25.9 Å². The maximum absolute atomic E-state index is 12.3. The molecule has 3 rings (SSSR count). The van der Waals surface area contributed by atoms with Gasteiger partial charge in [-0.25, -0.2) is 4.98 Å². The standard InChI is InChI=1S/C14H16N4OS/c1-14(13-15-7-10-20-13)4-8-18(9-5-14)12(19)11-3-2-6-16-17-11/h2-3,6-7,10H,4-5,8-9H2,1H3. The van der Waals surface area contributed by atoms with Gasteiger partial charge in [0.05, 0.1) is 5.01 Å². The molecule has 20 heavy (non-hydrogen) atoms. The third kappa shape index (κ3) is 2.43. The topological polar surface area (TPSA) is 59.0 Å². The molecule has 1 fully saturated rings. The maximum atomic E-state index is 12.3. The summed E-state index contributed by atoms with van der Waals surface area (Å²) in [6.45, 7) is 3.72. The smallest absolute Gasteiger partial charge is 0.274 e. The summed E-state index contributed by atoms with van der Waals surface area (Å²) in [6, 6.07) is 3.45. The molecule has 2 aromatic rings. The molecule has 2 aromatic heterocycles. The molecule has 0 unspecified atom stereocenters. The minimum Gasteiger partial charge on any atom is -0.337 e. The van der Waals surface area contributed by atoms with Gasteiger partial charge in [-0.15, -0.1) is 16.4 Å². The molecule has 0 aliphatic carbocycles. The predicted molar refractivity (Wildman–Crippen MR) is 76.6 cm³/mol. The normalized spacial score (nSPS) is 17.9. The van der Waals surface area contributed by atoms with Crippen LogP contribution in [0.1, 0.15) is 35.3 Å². The molecule has 1 amide bonds. The average molecular weight is 288 g/mol. The number of carbonyl (C=O) groups excluding carboxylic acids is 1. The van der Waals surface area contributed by atoms with Crippen molar-refractivity contribution in [2.24, 2.45) is 0 Å². The van der Waals surface area contributed by atoms with Gasteiger partial charge in [0.15, 0.2) is 5.69 Å². The van der Waals surface area contributed by atoms with E-state index in [4.69, 9.17) is 0 Å². The molecule has 0 N–H and O–H groups in total. The third-order valence-corrected chi connectivity index (χ3v) is 4.97. The summed E-state index contributed by atoms with van der Waals surface area (Å²) in [7, 11) is 0. The number of aromatic nitrogens is 3. The summed E-state index contributed by atoms with van der Waals surface area (Å²) < 4.78 is 0. The second-order valence-corrected chi connectivity index (χ2v) is 6.19. The van der Waals surface area contributed by atoms with Gasteiger partial charge in [0.2, 0.25) is 0 Å². The quantitative estimate of drug-likeness (QED) is 0.849. The summed E-state index contributed by atoms with van der Waals surface area (Å²) >= 11 is 1.70. The van der Waals surface area contributed by atoms with E-state index in [2.05, 4.69) is 22.1 Å². The minimum absolute atomic E-state index is 0.0284. The molecule has 0 aromatic carbocycles. The molecule has 5 nitrogen and oxygen atoms in total. The fourth-order valence-electron chi connectivity index (χ4n) is 2.52. The number of nitrogens with zero attached hydrogens (tertiary/aromatic N) is 4. The molecule has 1 aliphatic heterocycles. The first-order valence-electron chi connectivity index (χ1n) is 6.66. The first-order valence-corrected chi connectivity index (χ1v) is 7.54. The van der Waals surface area contributed by atoms with E-state index in [1.54, 1.807) is 29.7 Å². The van der Waals surface area contributed by atoms with Crippen molar-refractivity contribution in [2.45, 2.75) is 25.2 Å². The minimum atomic E-state index is -0.0284. The van der Waals surface area contributed by atoms with Gasteiger partial charge in [0, 0.05) is 36.3 Å². The number of carbonyl (C=O) groups is 1. The van der Waals surface area contributed by atoms with E-state index >= 15 is 0 Å². The average Bonchev–Trinajstić information content (AvgIpc) is 3.03. The first kappa shape index (κ1) is 13.2. The zero-order valence-electron chi connectivity index (χ0n) is 11.3. The SMILES string of the molecule is CC1(c2nccs2)CCN(C(=O)c2cccnn2)CC1. The largest absolute Gasteiger partial charge is 0.337 e. The van der Waals surface area contributed by atoms with E-state index in [0.29, 0.717) is 5.69 Å². The Balaban J connectivity index is 1.69. The van der Waals surface area contributed by atoms with Crippen LogP contribution in [0.15, 0.2) is 29.9 Å². The Hall–Kier alpha value is -1.82. The lowest BCUT2D eigenvalue weighted by atomic mass is 9.81. The molecular formula is C14H16N4OS. The number of hydrogen-bond acceptors (Lipinski definition) is 5. The van der Waals surface area contributed by atoms with Crippen LogP contribution in [0.3, 0.4) is 0 Å². The fourth-order valence-corrected chi connectivity index (χ4v) is 3.38. The highest BCUT2D eigenvalue weighted by Gasteiger charge is 2.35. The van der Waals surface area contributed by atoms with Crippen LogP contribution in [0, 0.1) is 0 Å². The molecule has 0 atom stereocenters. The van der Waals surface area contributed by atoms with Crippen LogP contribution in [-0.2, 0) is 5.41 Å². The summed E-state index contributed by atoms with van der Waals surface area (Å²) in [5.74, 6) is -0.0284. The van der Waals surface area contributed by atoms with Crippen LogP contribution in [0.25, 0.3) is 0 Å². The lowest BCUT2D eigenvalue weighted by molar-refractivity contribution is 0.0668. The lowest BCUT2D eigenvalue weighted by Gasteiger charge is -2.37. The molecule has 6 heteroatoms. The van der Waals surface area contributed by atoms with Gasteiger partial charge in [-0.3, -0.25) is 4.79 Å². The number of likely N-dealkylation sites (tertiary alicyclic amines) is 1. The van der Waals surface area contributed by atoms with Crippen LogP contribution >= 0.6 is 11.3 Å². The van der Waals surface area contributed by atoms with Crippen molar-refractivity contribution in [1.82, 2.24) is 20.1 Å². The zero-order valence-corrected chi connectivity index (χ0v) is 12.1. The Bertz CT molecular complexity index is 576. The second kappa shape index (κ2) is 5.28. The van der Waals surface area contributed by atoms with Gasteiger partial charge >= 0.3 is 0 Å². The number of hydrogen-bond donors (Lipinski definition) is 0. The van der Waals surface area contributed by atoms with E-state index in [-0.39, 0.29) is 11.3 Å². The van der Waals surface area contributed by atoms with Gasteiger partial charge in [-0.05, 0) is 25.0 Å². The summed E-state index contributed by atoms with van der Waals surface area (Å²) in [6.07, 6.45) is 5.30. The Morgan fingerprint density at radius 2 is 2.15 bits per heavy atom. The monoisotopic (exact) mass is 288 g/mol. The van der Waals surface area contributed by atoms with Crippen molar-refractivity contribution in [1.29, 1.82) is 0 Å². The molecule has 104 valence electrons. The number of amides is 1. The molecule has 3 heterocycles. The summed E-state index contributed by atoms with van der Waals surface area (Å²) in [4.78, 5) is 18.6. The Morgan fingerprint density at radius 1 is 1.35 bits per heavy atom. The van der Waals surface area contributed by atoms with Crippen molar-refractivity contribution in [3.05, 3.63) is 40.6 Å². The molecule has 0 radical (unpaired) electrons. The second-order valence-electron chi connectivity index (χ2n) is 5.30. The van der Waals surface area contributed by atoms with Gasteiger partial charge in [-0.2, -0.15) is 5.10 Å². The molecule has 1 saturated heterocycles. The molecule has 0 bridgehead atoms. The van der Waals surface area contributed by atoms with Crippen LogP contribution < -0.4 is 0 Å².